The first-order chi connectivity index (χ1) is 11.4. The van der Waals surface area contributed by atoms with E-state index in [1.165, 1.54) is 12.1 Å². The number of halogens is 2. The molecule has 0 atom stereocenters. The number of ketones is 1. The topological polar surface area (TPSA) is 53.8 Å². The van der Waals surface area contributed by atoms with E-state index in [0.717, 1.165) is 4.90 Å². The predicted molar refractivity (Wildman–Crippen MR) is 91.8 cm³/mol. The van der Waals surface area contributed by atoms with Crippen LogP contribution in [0.2, 0.25) is 10.0 Å². The fourth-order valence-corrected chi connectivity index (χ4v) is 2.87. The lowest BCUT2D eigenvalue weighted by Crippen LogP contribution is -3.04. The molecule has 0 fully saturated rings. The van der Waals surface area contributed by atoms with Crippen LogP contribution >= 0.6 is 23.2 Å². The highest BCUT2D eigenvalue weighted by Gasteiger charge is 2.30. The summed E-state index contributed by atoms with van der Waals surface area (Å²) >= 11 is 11.9. The number of carbonyl (C=O) groups is 1. The van der Waals surface area contributed by atoms with Crippen molar-refractivity contribution >= 4 is 35.1 Å². The molecule has 2 aromatic rings. The van der Waals surface area contributed by atoms with E-state index in [4.69, 9.17) is 27.9 Å². The highest BCUT2D eigenvalue weighted by molar-refractivity contribution is 6.42. The Balaban J connectivity index is 2.01. The Morgan fingerprint density at radius 2 is 1.92 bits per heavy atom. The smallest absolute Gasteiger partial charge is 0.231 e. The number of hydrogen-bond acceptors (Lipinski definition) is 3. The summed E-state index contributed by atoms with van der Waals surface area (Å²) in [5.74, 6) is 0.161. The number of benzene rings is 2. The van der Waals surface area contributed by atoms with E-state index in [0.29, 0.717) is 39.0 Å². The minimum Gasteiger partial charge on any atom is -0.872 e. The minimum absolute atomic E-state index is 0.126. The standard InChI is InChI=1S/C18H15Cl2NO3/c1-21(2)9-12-15(22)6-4-11-17(23)16(24-18(11)12)8-10-3-5-13(19)14(20)7-10/h3-8,22H,9H2,1-2H3. The van der Waals surface area contributed by atoms with Crippen molar-refractivity contribution in [1.82, 2.24) is 0 Å². The molecule has 1 aliphatic rings. The SMILES string of the molecule is C[NH+](C)Cc1c([O-])ccc2c1OC(=Cc1ccc(Cl)c(Cl)c1)C2=O. The van der Waals surface area contributed by atoms with Crippen molar-refractivity contribution in [3.63, 3.8) is 0 Å². The maximum atomic E-state index is 12.5. The number of rotatable bonds is 3. The van der Waals surface area contributed by atoms with E-state index in [2.05, 4.69) is 0 Å². The summed E-state index contributed by atoms with van der Waals surface area (Å²) in [5.41, 5.74) is 1.62. The number of ether oxygens (including phenoxy) is 1. The number of nitrogens with one attached hydrogen (secondary N) is 1. The zero-order chi connectivity index (χ0) is 17.4. The molecule has 1 aliphatic heterocycles. The van der Waals surface area contributed by atoms with E-state index in [1.54, 1.807) is 24.3 Å². The summed E-state index contributed by atoms with van der Waals surface area (Å²) in [7, 11) is 3.87. The maximum absolute atomic E-state index is 12.5. The van der Waals surface area contributed by atoms with Crippen molar-refractivity contribution in [2.75, 3.05) is 14.1 Å². The molecule has 0 aromatic heterocycles. The zero-order valence-electron chi connectivity index (χ0n) is 13.2. The van der Waals surface area contributed by atoms with Crippen LogP contribution in [0, 0.1) is 0 Å². The molecule has 124 valence electrons. The van der Waals surface area contributed by atoms with E-state index in [9.17, 15) is 9.90 Å². The van der Waals surface area contributed by atoms with Gasteiger partial charge in [0, 0.05) is 5.56 Å². The molecule has 2 aromatic carbocycles. The average molecular weight is 364 g/mol. The Bertz CT molecular complexity index is 860. The van der Waals surface area contributed by atoms with Crippen LogP contribution in [-0.2, 0) is 6.54 Å². The molecule has 0 radical (unpaired) electrons. The van der Waals surface area contributed by atoms with Gasteiger partial charge in [0.15, 0.2) is 5.76 Å². The normalized spacial score (nSPS) is 15.0. The first-order valence-corrected chi connectivity index (χ1v) is 8.13. The first kappa shape index (κ1) is 16.8. The number of fused-ring (bicyclic) bond motifs is 1. The Labute approximate surface area is 149 Å². The van der Waals surface area contributed by atoms with Gasteiger partial charge in [-0.05, 0) is 29.8 Å². The molecule has 0 amide bonds. The largest absolute Gasteiger partial charge is 0.872 e. The van der Waals surface area contributed by atoms with Gasteiger partial charge in [0.2, 0.25) is 5.78 Å². The molecular weight excluding hydrogens is 349 g/mol. The van der Waals surface area contributed by atoms with Crippen molar-refractivity contribution in [2.24, 2.45) is 0 Å². The summed E-state index contributed by atoms with van der Waals surface area (Å²) in [5, 5.41) is 12.9. The molecule has 0 saturated carbocycles. The van der Waals surface area contributed by atoms with Gasteiger partial charge in [-0.25, -0.2) is 0 Å². The lowest BCUT2D eigenvalue weighted by Gasteiger charge is -2.17. The molecule has 1 heterocycles. The molecule has 1 N–H and O–H groups in total. The van der Waals surface area contributed by atoms with Crippen LogP contribution in [0.5, 0.6) is 11.5 Å². The minimum atomic E-state index is -0.244. The average Bonchev–Trinajstić information content (AvgIpc) is 2.82. The van der Waals surface area contributed by atoms with E-state index < -0.39 is 0 Å². The van der Waals surface area contributed by atoms with Crippen LogP contribution in [0.4, 0.5) is 0 Å². The molecule has 0 spiro atoms. The molecule has 0 unspecified atom stereocenters. The van der Waals surface area contributed by atoms with Gasteiger partial charge >= 0.3 is 0 Å². The second-order valence-electron chi connectivity index (χ2n) is 5.92. The van der Waals surface area contributed by atoms with E-state index in [1.807, 2.05) is 14.1 Å². The second kappa shape index (κ2) is 6.48. The zero-order valence-corrected chi connectivity index (χ0v) is 14.7. The third-order valence-corrected chi connectivity index (χ3v) is 4.41. The predicted octanol–water partition coefficient (Wildman–Crippen LogP) is 2.33. The first-order valence-electron chi connectivity index (χ1n) is 7.38. The molecular formula is C18H15Cl2NO3. The fraction of sp³-hybridized carbons (Fsp3) is 0.167. The van der Waals surface area contributed by atoms with Crippen molar-refractivity contribution in [3.05, 3.63) is 62.8 Å². The molecule has 6 heteroatoms. The van der Waals surface area contributed by atoms with Crippen molar-refractivity contribution in [3.8, 4) is 11.5 Å². The van der Waals surface area contributed by atoms with Gasteiger partial charge < -0.3 is 14.7 Å². The quantitative estimate of drug-likeness (QED) is 0.851. The summed E-state index contributed by atoms with van der Waals surface area (Å²) in [6.07, 6.45) is 1.60. The van der Waals surface area contributed by atoms with Gasteiger partial charge in [0.05, 0.1) is 29.7 Å². The van der Waals surface area contributed by atoms with Gasteiger partial charge in [-0.1, -0.05) is 41.1 Å². The Kier molecular flexibility index (Phi) is 4.54. The lowest BCUT2D eigenvalue weighted by molar-refractivity contribution is -0.872. The fourth-order valence-electron chi connectivity index (χ4n) is 2.56. The number of hydrogen-bond donors (Lipinski definition) is 1. The number of carbonyl (C=O) groups excluding carboxylic acids is 1. The van der Waals surface area contributed by atoms with Crippen LogP contribution in [0.3, 0.4) is 0 Å². The summed E-state index contributed by atoms with van der Waals surface area (Å²) in [6.45, 7) is 0.481. The van der Waals surface area contributed by atoms with Crippen LogP contribution in [0.15, 0.2) is 36.1 Å². The van der Waals surface area contributed by atoms with E-state index in [-0.39, 0.29) is 17.3 Å². The molecule has 24 heavy (non-hydrogen) atoms. The summed E-state index contributed by atoms with van der Waals surface area (Å²) in [4.78, 5) is 13.6. The highest BCUT2D eigenvalue weighted by Crippen LogP contribution is 2.38. The van der Waals surface area contributed by atoms with Crippen LogP contribution in [0.25, 0.3) is 6.08 Å². The summed E-state index contributed by atoms with van der Waals surface area (Å²) < 4.78 is 5.73. The van der Waals surface area contributed by atoms with Crippen LogP contribution in [-0.4, -0.2) is 19.9 Å². The number of quaternary nitrogens is 1. The Morgan fingerprint density at radius 1 is 1.17 bits per heavy atom. The van der Waals surface area contributed by atoms with Gasteiger partial charge in [-0.2, -0.15) is 0 Å². The van der Waals surface area contributed by atoms with Crippen LogP contribution in [0.1, 0.15) is 21.5 Å². The molecule has 0 aliphatic carbocycles. The monoisotopic (exact) mass is 363 g/mol. The Hall–Kier alpha value is -2.01. The third kappa shape index (κ3) is 3.13. The molecule has 0 saturated heterocycles. The van der Waals surface area contributed by atoms with Crippen molar-refractivity contribution < 1.29 is 19.5 Å². The van der Waals surface area contributed by atoms with Gasteiger partial charge in [-0.3, -0.25) is 4.79 Å². The Morgan fingerprint density at radius 3 is 2.58 bits per heavy atom. The second-order valence-corrected chi connectivity index (χ2v) is 6.73. The third-order valence-electron chi connectivity index (χ3n) is 3.67. The lowest BCUT2D eigenvalue weighted by atomic mass is 10.0. The molecule has 4 nitrogen and oxygen atoms in total. The van der Waals surface area contributed by atoms with Crippen molar-refractivity contribution in [2.45, 2.75) is 6.54 Å². The maximum Gasteiger partial charge on any atom is 0.231 e. The molecule has 0 bridgehead atoms. The van der Waals surface area contributed by atoms with Gasteiger partial charge in [0.1, 0.15) is 12.3 Å². The van der Waals surface area contributed by atoms with E-state index >= 15 is 0 Å². The highest BCUT2D eigenvalue weighted by atomic mass is 35.5. The van der Waals surface area contributed by atoms with Crippen molar-refractivity contribution in [1.29, 1.82) is 0 Å². The van der Waals surface area contributed by atoms with Gasteiger partial charge in [0.25, 0.3) is 0 Å². The van der Waals surface area contributed by atoms with Crippen LogP contribution < -0.4 is 14.7 Å². The number of allylic oxidation sites excluding steroid dienone is 1. The number of Topliss-reactive ketones (excluding diaryl/α,β-unsaturated/α-hetero) is 1. The van der Waals surface area contributed by atoms with Gasteiger partial charge in [-0.15, -0.1) is 0 Å². The summed E-state index contributed by atoms with van der Waals surface area (Å²) in [6, 6.07) is 7.98. The molecule has 3 rings (SSSR count).